The molecule has 0 bridgehead atoms. The van der Waals surface area contributed by atoms with Crippen molar-refractivity contribution >= 4 is 0 Å². The predicted molar refractivity (Wildman–Crippen MR) is 50.9 cm³/mol. The lowest BCUT2D eigenvalue weighted by Crippen LogP contribution is -2.21. The minimum Gasteiger partial charge on any atom is -0.307 e. The van der Waals surface area contributed by atoms with Crippen LogP contribution in [0.2, 0.25) is 0 Å². The Morgan fingerprint density at radius 1 is 1.20 bits per heavy atom. The first-order valence-corrected chi connectivity index (χ1v) is 4.98. The van der Waals surface area contributed by atoms with Crippen molar-refractivity contribution < 1.29 is 13.2 Å². The van der Waals surface area contributed by atoms with Crippen molar-refractivity contribution in [2.75, 3.05) is 0 Å². The lowest BCUT2D eigenvalue weighted by atomic mass is 10.1. The first-order valence-electron chi connectivity index (χ1n) is 4.98. The number of hydrogen-bond acceptors (Lipinski definition) is 1. The third kappa shape index (κ3) is 2.31. The van der Waals surface area contributed by atoms with Crippen LogP contribution in [0.4, 0.5) is 13.2 Å². The molecule has 1 atom stereocenters. The van der Waals surface area contributed by atoms with Gasteiger partial charge in [0.1, 0.15) is 0 Å². The summed E-state index contributed by atoms with van der Waals surface area (Å²) in [7, 11) is 0. The topological polar surface area (TPSA) is 12.0 Å². The highest BCUT2D eigenvalue weighted by Crippen LogP contribution is 2.25. The molecule has 1 aliphatic rings. The molecule has 1 aromatic rings. The van der Waals surface area contributed by atoms with Crippen molar-refractivity contribution in [3.63, 3.8) is 0 Å². The Hall–Kier alpha value is -1.03. The monoisotopic (exact) mass is 215 g/mol. The highest BCUT2D eigenvalue weighted by atomic mass is 19.2. The standard InChI is InChI=1S/C11H12F3N/c1-6(15-8-2-3-8)7-4-9(12)11(14)10(13)5-7/h4-6,8,15H,2-3H2,1H3. The summed E-state index contributed by atoms with van der Waals surface area (Å²) in [6.07, 6.45) is 2.19. The van der Waals surface area contributed by atoms with E-state index in [0.29, 0.717) is 11.6 Å². The van der Waals surface area contributed by atoms with Gasteiger partial charge in [-0.1, -0.05) is 0 Å². The van der Waals surface area contributed by atoms with Gasteiger partial charge in [0, 0.05) is 12.1 Å². The molecule has 4 heteroatoms. The minimum absolute atomic E-state index is 0.151. The molecule has 0 spiro atoms. The Bertz CT molecular complexity index is 351. The molecule has 0 radical (unpaired) electrons. The second-order valence-electron chi connectivity index (χ2n) is 3.96. The normalized spacial score (nSPS) is 17.9. The molecule has 0 aliphatic heterocycles. The molecule has 1 fully saturated rings. The average molecular weight is 215 g/mol. The smallest absolute Gasteiger partial charge is 0.194 e. The maximum absolute atomic E-state index is 12.9. The van der Waals surface area contributed by atoms with Crippen molar-refractivity contribution in [1.82, 2.24) is 5.32 Å². The fraction of sp³-hybridized carbons (Fsp3) is 0.455. The third-order valence-electron chi connectivity index (χ3n) is 2.57. The van der Waals surface area contributed by atoms with E-state index in [4.69, 9.17) is 0 Å². The zero-order valence-electron chi connectivity index (χ0n) is 8.36. The molecule has 1 N–H and O–H groups in total. The third-order valence-corrected chi connectivity index (χ3v) is 2.57. The van der Waals surface area contributed by atoms with Crippen LogP contribution in [0.5, 0.6) is 0 Å². The Balaban J connectivity index is 2.19. The van der Waals surface area contributed by atoms with Crippen molar-refractivity contribution in [1.29, 1.82) is 0 Å². The molecule has 1 aliphatic carbocycles. The summed E-state index contributed by atoms with van der Waals surface area (Å²) in [6, 6.07) is 2.37. The Morgan fingerprint density at radius 2 is 1.73 bits per heavy atom. The van der Waals surface area contributed by atoms with Gasteiger partial charge in [-0.25, -0.2) is 13.2 Å². The molecule has 1 nitrogen and oxygen atoms in total. The van der Waals surface area contributed by atoms with Crippen LogP contribution in [-0.2, 0) is 0 Å². The average Bonchev–Trinajstić information content (AvgIpc) is 2.97. The zero-order chi connectivity index (χ0) is 11.0. The molecule has 2 rings (SSSR count). The summed E-state index contributed by atoms with van der Waals surface area (Å²) < 4.78 is 38.5. The Labute approximate surface area is 86.3 Å². The van der Waals surface area contributed by atoms with Crippen LogP contribution in [-0.4, -0.2) is 6.04 Å². The van der Waals surface area contributed by atoms with E-state index in [9.17, 15) is 13.2 Å². The van der Waals surface area contributed by atoms with Crippen LogP contribution in [0, 0.1) is 17.5 Å². The Kier molecular flexibility index (Phi) is 2.69. The fourth-order valence-electron chi connectivity index (χ4n) is 1.52. The second-order valence-corrected chi connectivity index (χ2v) is 3.96. The largest absolute Gasteiger partial charge is 0.307 e. The summed E-state index contributed by atoms with van der Waals surface area (Å²) >= 11 is 0. The molecule has 82 valence electrons. The summed E-state index contributed by atoms with van der Waals surface area (Å²) in [5.41, 5.74) is 0.443. The highest BCUT2D eigenvalue weighted by Gasteiger charge is 2.24. The first-order chi connectivity index (χ1) is 7.08. The molecule has 0 saturated heterocycles. The summed E-state index contributed by atoms with van der Waals surface area (Å²) in [6.45, 7) is 1.81. The van der Waals surface area contributed by atoms with Gasteiger partial charge in [-0.05, 0) is 37.5 Å². The lowest BCUT2D eigenvalue weighted by molar-refractivity contribution is 0.441. The van der Waals surface area contributed by atoms with Crippen LogP contribution >= 0.6 is 0 Å². The Morgan fingerprint density at radius 3 is 2.20 bits per heavy atom. The molecule has 1 unspecified atom stereocenters. The lowest BCUT2D eigenvalue weighted by Gasteiger charge is -2.13. The second kappa shape index (κ2) is 3.85. The number of hydrogen-bond donors (Lipinski definition) is 1. The molecule has 1 saturated carbocycles. The van der Waals surface area contributed by atoms with E-state index in [1.807, 2.05) is 6.92 Å². The quantitative estimate of drug-likeness (QED) is 0.764. The van der Waals surface area contributed by atoms with Crippen LogP contribution < -0.4 is 5.32 Å². The molecule has 0 aromatic heterocycles. The number of nitrogens with one attached hydrogen (secondary N) is 1. The summed E-state index contributed by atoms with van der Waals surface area (Å²) in [5.74, 6) is -3.67. The van der Waals surface area contributed by atoms with E-state index < -0.39 is 17.5 Å². The van der Waals surface area contributed by atoms with Gasteiger partial charge < -0.3 is 5.32 Å². The fourth-order valence-corrected chi connectivity index (χ4v) is 1.52. The van der Waals surface area contributed by atoms with Gasteiger partial charge in [0.25, 0.3) is 0 Å². The maximum atomic E-state index is 12.9. The first kappa shape index (κ1) is 10.5. The van der Waals surface area contributed by atoms with Crippen molar-refractivity contribution in [3.05, 3.63) is 35.1 Å². The maximum Gasteiger partial charge on any atom is 0.194 e. The van der Waals surface area contributed by atoms with E-state index in [0.717, 1.165) is 25.0 Å². The van der Waals surface area contributed by atoms with Gasteiger partial charge in [-0.3, -0.25) is 0 Å². The SMILES string of the molecule is CC(NC1CC1)c1cc(F)c(F)c(F)c1. The highest BCUT2D eigenvalue weighted by molar-refractivity contribution is 5.22. The molecule has 0 heterocycles. The van der Waals surface area contributed by atoms with Gasteiger partial charge in [-0.15, -0.1) is 0 Å². The van der Waals surface area contributed by atoms with Gasteiger partial charge in [-0.2, -0.15) is 0 Å². The molecular weight excluding hydrogens is 203 g/mol. The summed E-state index contributed by atoms with van der Waals surface area (Å²) in [4.78, 5) is 0. The molecule has 0 amide bonds. The van der Waals surface area contributed by atoms with Gasteiger partial charge in [0.05, 0.1) is 0 Å². The van der Waals surface area contributed by atoms with Crippen molar-refractivity contribution in [2.24, 2.45) is 0 Å². The molecule has 1 aromatic carbocycles. The van der Waals surface area contributed by atoms with Crippen molar-refractivity contribution in [3.8, 4) is 0 Å². The van der Waals surface area contributed by atoms with Gasteiger partial charge in [0.15, 0.2) is 17.5 Å². The van der Waals surface area contributed by atoms with Gasteiger partial charge >= 0.3 is 0 Å². The van der Waals surface area contributed by atoms with Crippen LogP contribution in [0.15, 0.2) is 12.1 Å². The number of rotatable bonds is 3. The van der Waals surface area contributed by atoms with E-state index in [-0.39, 0.29) is 6.04 Å². The predicted octanol–water partition coefficient (Wildman–Crippen LogP) is 2.92. The van der Waals surface area contributed by atoms with Crippen LogP contribution in [0.3, 0.4) is 0 Å². The number of halogens is 3. The van der Waals surface area contributed by atoms with E-state index in [2.05, 4.69) is 5.32 Å². The van der Waals surface area contributed by atoms with Crippen molar-refractivity contribution in [2.45, 2.75) is 31.8 Å². The summed E-state index contributed by atoms with van der Waals surface area (Å²) in [5, 5.41) is 3.19. The molecule has 15 heavy (non-hydrogen) atoms. The minimum atomic E-state index is -1.41. The van der Waals surface area contributed by atoms with Crippen LogP contribution in [0.25, 0.3) is 0 Å². The van der Waals surface area contributed by atoms with Gasteiger partial charge in [0.2, 0.25) is 0 Å². The van der Waals surface area contributed by atoms with E-state index in [1.54, 1.807) is 0 Å². The van der Waals surface area contributed by atoms with E-state index >= 15 is 0 Å². The van der Waals surface area contributed by atoms with Crippen LogP contribution in [0.1, 0.15) is 31.4 Å². The molecular formula is C11H12F3N. The van der Waals surface area contributed by atoms with E-state index in [1.165, 1.54) is 0 Å². The zero-order valence-corrected chi connectivity index (χ0v) is 8.36. The number of benzene rings is 1.